The van der Waals surface area contributed by atoms with Crippen molar-refractivity contribution >= 4 is 27.5 Å². The van der Waals surface area contributed by atoms with Gasteiger partial charge in [-0.1, -0.05) is 0 Å². The van der Waals surface area contributed by atoms with Gasteiger partial charge in [-0.25, -0.2) is 0 Å². The minimum Gasteiger partial charge on any atom is -0.497 e. The summed E-state index contributed by atoms with van der Waals surface area (Å²) in [6.45, 7) is 1.94. The Hall–Kier alpha value is -1.11. The minimum atomic E-state index is -0.365. The van der Waals surface area contributed by atoms with E-state index in [9.17, 15) is 4.79 Å². The fourth-order valence-corrected chi connectivity index (χ4v) is 3.86. The Kier molecular flexibility index (Phi) is 5.24. The minimum absolute atomic E-state index is 0.0616. The Morgan fingerprint density at radius 3 is 2.87 bits per heavy atom. The second-order valence-electron chi connectivity index (χ2n) is 6.27. The summed E-state index contributed by atoms with van der Waals surface area (Å²) in [7, 11) is 1.62. The number of rotatable bonds is 3. The number of piperidine rings is 1. The van der Waals surface area contributed by atoms with Gasteiger partial charge in [-0.05, 0) is 79.3 Å². The van der Waals surface area contributed by atoms with Crippen molar-refractivity contribution in [2.75, 3.05) is 25.5 Å². The topological polar surface area (TPSA) is 59.6 Å². The van der Waals surface area contributed by atoms with Crippen LogP contribution in [0.2, 0.25) is 0 Å². The molecule has 6 heteroatoms. The maximum atomic E-state index is 12.6. The number of carbonyl (C=O) groups is 1. The van der Waals surface area contributed by atoms with Crippen LogP contribution < -0.4 is 15.4 Å². The number of benzene rings is 1. The highest BCUT2D eigenvalue weighted by Crippen LogP contribution is 2.36. The second-order valence-corrected chi connectivity index (χ2v) is 7.12. The molecule has 0 aromatic heterocycles. The Morgan fingerprint density at radius 2 is 2.17 bits per heavy atom. The number of hydrogen-bond donors (Lipinski definition) is 2. The van der Waals surface area contributed by atoms with E-state index in [1.54, 1.807) is 7.11 Å². The number of methoxy groups -OCH3 is 1. The summed E-state index contributed by atoms with van der Waals surface area (Å²) >= 11 is 3.47. The lowest BCUT2D eigenvalue weighted by Crippen LogP contribution is -2.50. The van der Waals surface area contributed by atoms with Gasteiger partial charge in [0, 0.05) is 4.47 Å². The van der Waals surface area contributed by atoms with Crippen LogP contribution in [0.4, 0.5) is 5.69 Å². The first-order chi connectivity index (χ1) is 11.1. The van der Waals surface area contributed by atoms with Crippen molar-refractivity contribution in [1.82, 2.24) is 5.32 Å². The molecule has 2 fully saturated rings. The molecule has 0 bridgehead atoms. The van der Waals surface area contributed by atoms with Gasteiger partial charge in [0.1, 0.15) is 11.9 Å². The van der Waals surface area contributed by atoms with E-state index in [4.69, 9.17) is 9.47 Å². The van der Waals surface area contributed by atoms with Gasteiger partial charge in [0.2, 0.25) is 0 Å². The molecular formula is C17H23BrN2O3. The molecule has 1 aromatic carbocycles. The highest BCUT2D eigenvalue weighted by Gasteiger charge is 2.40. The van der Waals surface area contributed by atoms with Gasteiger partial charge in [0.25, 0.3) is 5.91 Å². The molecule has 2 aliphatic heterocycles. The molecule has 23 heavy (non-hydrogen) atoms. The van der Waals surface area contributed by atoms with Crippen molar-refractivity contribution in [2.24, 2.45) is 0 Å². The van der Waals surface area contributed by atoms with Crippen LogP contribution in [0.25, 0.3) is 0 Å². The predicted octanol–water partition coefficient (Wildman–Crippen LogP) is 3.09. The summed E-state index contributed by atoms with van der Waals surface area (Å²) in [5.74, 6) is 0.686. The number of amides is 1. The van der Waals surface area contributed by atoms with E-state index in [0.717, 1.165) is 61.1 Å². The molecular weight excluding hydrogens is 360 g/mol. The van der Waals surface area contributed by atoms with Gasteiger partial charge < -0.3 is 20.1 Å². The SMILES string of the molecule is COc1ccc(NC(=O)C2CCCC3(CCNCC3)O2)c(Br)c1. The number of halogens is 1. The van der Waals surface area contributed by atoms with E-state index in [2.05, 4.69) is 26.6 Å². The van der Waals surface area contributed by atoms with Crippen LogP contribution >= 0.6 is 15.9 Å². The lowest BCUT2D eigenvalue weighted by Gasteiger charge is -2.43. The van der Waals surface area contributed by atoms with Crippen LogP contribution in [0, 0.1) is 0 Å². The largest absolute Gasteiger partial charge is 0.497 e. The summed E-state index contributed by atoms with van der Waals surface area (Å²) in [6, 6.07) is 5.51. The van der Waals surface area contributed by atoms with E-state index in [-0.39, 0.29) is 17.6 Å². The number of hydrogen-bond acceptors (Lipinski definition) is 4. The molecule has 3 rings (SSSR count). The average molecular weight is 383 g/mol. The second kappa shape index (κ2) is 7.20. The third kappa shape index (κ3) is 3.87. The molecule has 1 aromatic rings. The maximum Gasteiger partial charge on any atom is 0.253 e. The number of anilines is 1. The number of ether oxygens (including phenoxy) is 2. The summed E-state index contributed by atoms with van der Waals surface area (Å²) in [5.41, 5.74) is 0.632. The molecule has 2 heterocycles. The summed E-state index contributed by atoms with van der Waals surface area (Å²) < 4.78 is 12.2. The van der Waals surface area contributed by atoms with Crippen molar-refractivity contribution in [3.05, 3.63) is 22.7 Å². The highest BCUT2D eigenvalue weighted by molar-refractivity contribution is 9.10. The molecule has 0 radical (unpaired) electrons. The summed E-state index contributed by atoms with van der Waals surface area (Å²) in [4.78, 5) is 12.6. The Labute approximate surface area is 145 Å². The van der Waals surface area contributed by atoms with Crippen molar-refractivity contribution in [2.45, 2.75) is 43.8 Å². The smallest absolute Gasteiger partial charge is 0.253 e. The number of nitrogens with one attached hydrogen (secondary N) is 2. The van der Waals surface area contributed by atoms with Gasteiger partial charge in [-0.2, -0.15) is 0 Å². The zero-order valence-corrected chi connectivity index (χ0v) is 14.9. The molecule has 0 aliphatic carbocycles. The Bertz CT molecular complexity index is 567. The monoisotopic (exact) mass is 382 g/mol. The van der Waals surface area contributed by atoms with Crippen molar-refractivity contribution < 1.29 is 14.3 Å². The quantitative estimate of drug-likeness (QED) is 0.842. The summed E-state index contributed by atoms with van der Waals surface area (Å²) in [5, 5.41) is 6.33. The van der Waals surface area contributed by atoms with Gasteiger partial charge in [0.15, 0.2) is 0 Å². The number of carbonyl (C=O) groups excluding carboxylic acids is 1. The molecule has 1 spiro atoms. The van der Waals surface area contributed by atoms with Crippen molar-refractivity contribution in [3.8, 4) is 5.75 Å². The van der Waals surface area contributed by atoms with Gasteiger partial charge in [-0.15, -0.1) is 0 Å². The molecule has 2 N–H and O–H groups in total. The zero-order chi connectivity index (χ0) is 16.3. The van der Waals surface area contributed by atoms with E-state index >= 15 is 0 Å². The van der Waals surface area contributed by atoms with Crippen LogP contribution in [-0.4, -0.2) is 37.8 Å². The van der Waals surface area contributed by atoms with Crippen LogP contribution in [0.15, 0.2) is 22.7 Å². The van der Waals surface area contributed by atoms with Gasteiger partial charge in [-0.3, -0.25) is 4.79 Å². The van der Waals surface area contributed by atoms with Crippen LogP contribution in [0.1, 0.15) is 32.1 Å². The maximum absolute atomic E-state index is 12.6. The fourth-order valence-electron chi connectivity index (χ4n) is 3.40. The molecule has 1 amide bonds. The molecule has 1 atom stereocenters. The van der Waals surface area contributed by atoms with Gasteiger partial charge >= 0.3 is 0 Å². The highest BCUT2D eigenvalue weighted by atomic mass is 79.9. The molecule has 0 saturated carbocycles. The van der Waals surface area contributed by atoms with E-state index in [0.29, 0.717) is 0 Å². The standard InChI is InChI=1S/C17H23BrN2O3/c1-22-12-4-5-14(13(18)11-12)20-16(21)15-3-2-6-17(23-15)7-9-19-10-8-17/h4-5,11,15,19H,2-3,6-10H2,1H3,(H,20,21). The predicted molar refractivity (Wildman–Crippen MR) is 92.9 cm³/mol. The third-order valence-electron chi connectivity index (χ3n) is 4.73. The average Bonchev–Trinajstić information content (AvgIpc) is 2.57. The van der Waals surface area contributed by atoms with Gasteiger partial charge in [0.05, 0.1) is 18.4 Å². The summed E-state index contributed by atoms with van der Waals surface area (Å²) in [6.07, 6.45) is 4.50. The van der Waals surface area contributed by atoms with Crippen LogP contribution in [0.5, 0.6) is 5.75 Å². The van der Waals surface area contributed by atoms with E-state index in [1.165, 1.54) is 0 Å². The molecule has 2 saturated heterocycles. The van der Waals surface area contributed by atoms with E-state index < -0.39 is 0 Å². The first-order valence-electron chi connectivity index (χ1n) is 8.15. The van der Waals surface area contributed by atoms with Crippen molar-refractivity contribution in [1.29, 1.82) is 0 Å². The Morgan fingerprint density at radius 1 is 1.39 bits per heavy atom. The first kappa shape index (κ1) is 16.7. The fraction of sp³-hybridized carbons (Fsp3) is 0.588. The lowest BCUT2D eigenvalue weighted by molar-refractivity contribution is -0.161. The molecule has 5 nitrogen and oxygen atoms in total. The lowest BCUT2D eigenvalue weighted by atomic mass is 9.83. The molecule has 2 aliphatic rings. The normalized spacial score (nSPS) is 23.5. The first-order valence-corrected chi connectivity index (χ1v) is 8.94. The Balaban J connectivity index is 1.65. The zero-order valence-electron chi connectivity index (χ0n) is 13.4. The van der Waals surface area contributed by atoms with Crippen molar-refractivity contribution in [3.63, 3.8) is 0 Å². The third-order valence-corrected chi connectivity index (χ3v) is 5.39. The van der Waals surface area contributed by atoms with Crippen LogP contribution in [0.3, 0.4) is 0 Å². The van der Waals surface area contributed by atoms with E-state index in [1.807, 2.05) is 18.2 Å². The molecule has 126 valence electrons. The van der Waals surface area contributed by atoms with Crippen LogP contribution in [-0.2, 0) is 9.53 Å². The molecule has 1 unspecified atom stereocenters.